The van der Waals surface area contributed by atoms with Gasteiger partial charge in [0.05, 0.1) is 27.0 Å². The number of aromatic nitrogens is 2. The van der Waals surface area contributed by atoms with Crippen molar-refractivity contribution in [2.45, 2.75) is 132 Å². The minimum Gasteiger partial charge on any atom is -0.489 e. The number of nitrogens with one attached hydrogen (secondary N) is 4. The molecule has 5 aromatic rings. The molecule has 3 saturated heterocycles. The van der Waals surface area contributed by atoms with Gasteiger partial charge in [0.2, 0.25) is 0 Å². The summed E-state index contributed by atoms with van der Waals surface area (Å²) in [7, 11) is -4.71. The highest BCUT2D eigenvalue weighted by Gasteiger charge is 2.50. The van der Waals surface area contributed by atoms with E-state index in [2.05, 4.69) is 68.3 Å². The predicted octanol–water partition coefficient (Wildman–Crippen LogP) is 8.95. The number of likely N-dealkylation sites (tertiary alicyclic amines) is 1. The number of H-pyrrole nitrogens is 1. The molecule has 3 atom stereocenters. The van der Waals surface area contributed by atoms with Crippen molar-refractivity contribution in [1.29, 1.82) is 0 Å². The summed E-state index contributed by atoms with van der Waals surface area (Å²) in [6.45, 7) is 10.5. The summed E-state index contributed by atoms with van der Waals surface area (Å²) in [5.74, 6) is 0.133. The molecule has 2 aromatic heterocycles. The number of sulfonamides is 1. The maximum absolute atomic E-state index is 14.4. The maximum Gasteiger partial charge on any atom is 0.297 e. The molecule has 2 saturated carbocycles. The largest absolute Gasteiger partial charge is 0.489 e. The van der Waals surface area contributed by atoms with Gasteiger partial charge < -0.3 is 39.8 Å². The molecule has 0 radical (unpaired) electrons. The second-order valence-electron chi connectivity index (χ2n) is 21.9. The second-order valence-corrected chi connectivity index (χ2v) is 23.6. The Morgan fingerprint density at radius 1 is 1.00 bits per heavy atom. The van der Waals surface area contributed by atoms with E-state index < -0.39 is 37.0 Å². The zero-order valence-electron chi connectivity index (χ0n) is 41.3. The smallest absolute Gasteiger partial charge is 0.297 e. The van der Waals surface area contributed by atoms with Crippen molar-refractivity contribution < 1.29 is 37.5 Å². The molecule has 5 N–H and O–H groups in total. The van der Waals surface area contributed by atoms with Crippen LogP contribution in [0.25, 0.3) is 11.0 Å². The minimum atomic E-state index is -4.71. The molecule has 3 aromatic carbocycles. The van der Waals surface area contributed by atoms with Crippen molar-refractivity contribution in [3.8, 4) is 23.1 Å². The number of hydrogen-bond donors (Lipinski definition) is 5. The van der Waals surface area contributed by atoms with Crippen LogP contribution in [0.4, 0.5) is 17.1 Å². The Hall–Kier alpha value is -5.95. The lowest BCUT2D eigenvalue weighted by atomic mass is 9.59. The van der Waals surface area contributed by atoms with Gasteiger partial charge in [-0.05, 0) is 143 Å². The lowest BCUT2D eigenvalue weighted by Crippen LogP contribution is -2.54. The molecule has 1 amide bonds. The second kappa shape index (κ2) is 19.1. The van der Waals surface area contributed by atoms with Gasteiger partial charge in [-0.15, -0.1) is 0 Å². The molecule has 2 aliphatic carbocycles. The topological polar surface area (TPSA) is 214 Å². The first-order valence-corrected chi connectivity index (χ1v) is 27.4. The molecular weight excluding hydrogens is 937 g/mol. The van der Waals surface area contributed by atoms with Crippen molar-refractivity contribution in [2.24, 2.45) is 11.3 Å². The van der Waals surface area contributed by atoms with Crippen LogP contribution in [-0.4, -0.2) is 102 Å². The van der Waals surface area contributed by atoms with E-state index in [-0.39, 0.29) is 64.4 Å². The molecule has 4 aliphatic heterocycles. The lowest BCUT2D eigenvalue weighted by Gasteiger charge is -2.56. The van der Waals surface area contributed by atoms with Gasteiger partial charge in [-0.2, -0.15) is 4.98 Å². The fraction of sp³-hybridized carbons (Fsp3) is 0.519. The van der Waals surface area contributed by atoms with Gasteiger partial charge in [-0.25, -0.2) is 13.1 Å². The summed E-state index contributed by atoms with van der Waals surface area (Å²) in [6.07, 6.45) is 12.1. The predicted molar refractivity (Wildman–Crippen MR) is 274 cm³/mol. The molecule has 0 bridgehead atoms. The summed E-state index contributed by atoms with van der Waals surface area (Å²) >= 11 is 0. The number of amides is 1. The Morgan fingerprint density at radius 2 is 1.78 bits per heavy atom. The van der Waals surface area contributed by atoms with Crippen LogP contribution in [0.3, 0.4) is 0 Å². The number of pyridine rings is 1. The van der Waals surface area contributed by atoms with Gasteiger partial charge in [-0.3, -0.25) is 19.8 Å². The van der Waals surface area contributed by atoms with E-state index in [0.717, 1.165) is 62.6 Å². The average Bonchev–Trinajstić information content (AvgIpc) is 4.02. The molecule has 17 nitrogen and oxygen atoms in total. The minimum absolute atomic E-state index is 0.00452. The van der Waals surface area contributed by atoms with Crippen LogP contribution in [-0.2, 0) is 10.0 Å². The highest BCUT2D eigenvalue weighted by molar-refractivity contribution is 7.90. The first-order chi connectivity index (χ1) is 34.6. The third-order valence-corrected chi connectivity index (χ3v) is 18.0. The number of ether oxygens (including phenoxy) is 3. The van der Waals surface area contributed by atoms with E-state index in [4.69, 9.17) is 19.2 Å². The molecule has 72 heavy (non-hydrogen) atoms. The van der Waals surface area contributed by atoms with Gasteiger partial charge in [0.1, 0.15) is 24.6 Å². The Kier molecular flexibility index (Phi) is 12.9. The average molecular weight is 1000 g/mol. The molecule has 382 valence electrons. The van der Waals surface area contributed by atoms with Crippen molar-refractivity contribution in [3.05, 3.63) is 99.7 Å². The number of rotatable bonds is 14. The monoisotopic (exact) mass is 1000 g/mol. The number of hydrogen-bond acceptors (Lipinski definition) is 14. The summed E-state index contributed by atoms with van der Waals surface area (Å²) in [5.41, 5.74) is 3.38. The Balaban J connectivity index is 0.838. The number of benzene rings is 3. The number of nitro benzene ring substituents is 1. The zero-order chi connectivity index (χ0) is 49.9. The summed E-state index contributed by atoms with van der Waals surface area (Å²) in [4.78, 5) is 38.7. The third kappa shape index (κ3) is 9.58. The number of aliphatic hydroxyl groups is 1. The van der Waals surface area contributed by atoms with E-state index in [1.165, 1.54) is 42.9 Å². The standard InChI is InChI=1S/C54H66N8O9S/c1-33(2)40-7-4-5-8-41(40)44-9-6-22-61(44)38-29-54(30-38)18-23-60(24-19-54)37-10-11-42(46(26-37)71-48-25-35-14-20-56-50(35)58-52(48)70-31-36-15-21-55-36)51(63)59-72(67,68)39-27-45(62(65)66)49-47(28-39)69-32-43(57-49)34-12-16-53(3,64)17-13-34/h4-5,7-8,10-11,14,20,25-28,33-34,36,38,43-44,55,57,64H,6,9,12-13,15-19,21-24,29-32H2,1-3H3,(H,56,58)(H,59,63)/t34?,36-,43-,44+,53?/m1/s1. The van der Waals surface area contributed by atoms with Gasteiger partial charge in [0.15, 0.2) is 17.2 Å². The molecule has 5 fully saturated rings. The lowest BCUT2D eigenvalue weighted by molar-refractivity contribution is -0.384. The Labute approximate surface area is 420 Å². The highest BCUT2D eigenvalue weighted by Crippen LogP contribution is 2.54. The van der Waals surface area contributed by atoms with Gasteiger partial charge >= 0.3 is 0 Å². The van der Waals surface area contributed by atoms with Crippen LogP contribution >= 0.6 is 0 Å². The molecular formula is C54H66N8O9S. The summed E-state index contributed by atoms with van der Waals surface area (Å²) in [6, 6.07) is 20.8. The van der Waals surface area contributed by atoms with Crippen LogP contribution in [0.15, 0.2) is 77.8 Å². The molecule has 18 heteroatoms. The number of piperidine rings is 1. The van der Waals surface area contributed by atoms with Crippen molar-refractivity contribution >= 4 is 44.0 Å². The van der Waals surface area contributed by atoms with Crippen molar-refractivity contribution in [1.82, 2.24) is 24.9 Å². The van der Waals surface area contributed by atoms with E-state index in [0.29, 0.717) is 55.9 Å². The Bertz CT molecular complexity index is 2970. The van der Waals surface area contributed by atoms with Crippen LogP contribution in [0.5, 0.6) is 23.1 Å². The maximum atomic E-state index is 14.4. The first kappa shape index (κ1) is 48.3. The molecule has 11 rings (SSSR count). The van der Waals surface area contributed by atoms with Crippen molar-refractivity contribution in [2.75, 3.05) is 49.6 Å². The van der Waals surface area contributed by atoms with Crippen LogP contribution in [0, 0.1) is 21.4 Å². The molecule has 6 aliphatic rings. The van der Waals surface area contributed by atoms with Crippen LogP contribution < -0.4 is 34.5 Å². The quantitative estimate of drug-likeness (QED) is 0.0519. The highest BCUT2D eigenvalue weighted by atomic mass is 32.2. The number of nitrogens with zero attached hydrogens (tertiary/aromatic N) is 4. The third-order valence-electron chi connectivity index (χ3n) is 16.7. The number of anilines is 2. The van der Waals surface area contributed by atoms with E-state index >= 15 is 0 Å². The normalized spacial score (nSPS) is 25.3. The van der Waals surface area contributed by atoms with Crippen LogP contribution in [0.1, 0.15) is 125 Å². The number of nitro groups is 1. The fourth-order valence-electron chi connectivity index (χ4n) is 12.3. The number of carbonyl (C=O) groups is 1. The first-order valence-electron chi connectivity index (χ1n) is 25.9. The van der Waals surface area contributed by atoms with Gasteiger partial charge in [-0.1, -0.05) is 38.1 Å². The van der Waals surface area contributed by atoms with E-state index in [9.17, 15) is 28.4 Å². The van der Waals surface area contributed by atoms with E-state index in [1.54, 1.807) is 24.4 Å². The Morgan fingerprint density at radius 3 is 2.51 bits per heavy atom. The van der Waals surface area contributed by atoms with E-state index in [1.807, 2.05) is 19.1 Å². The van der Waals surface area contributed by atoms with Crippen molar-refractivity contribution in [3.63, 3.8) is 0 Å². The fourth-order valence-corrected chi connectivity index (χ4v) is 13.3. The van der Waals surface area contributed by atoms with Crippen LogP contribution in [0.2, 0.25) is 0 Å². The summed E-state index contributed by atoms with van der Waals surface area (Å²) < 4.78 is 49.4. The molecule has 1 spiro atoms. The number of carbonyl (C=O) groups excluding carboxylic acids is 1. The number of fused-ring (bicyclic) bond motifs is 2. The summed E-state index contributed by atoms with van der Waals surface area (Å²) in [5, 5.41) is 30.3. The zero-order valence-corrected chi connectivity index (χ0v) is 42.1. The van der Waals surface area contributed by atoms with Gasteiger partial charge in [0, 0.05) is 66.7 Å². The SMILES string of the molecule is CC(C)c1ccccc1[C@@H]1CCCN1C1CC2(CCN(c3ccc(C(=O)NS(=O)(=O)c4cc5c(c([N+](=O)[O-])c4)N[C@@H](C4CCC(C)(O)CC4)CO5)c(Oc4cc5cc[nH]c5nc4OC[C@H]4CCN4)c3)CC2)C1. The number of aromatic amines is 1. The van der Waals surface area contributed by atoms with Gasteiger partial charge in [0.25, 0.3) is 27.5 Å². The molecule has 0 unspecified atom stereocenters. The molecule has 6 heterocycles.